The van der Waals surface area contributed by atoms with Crippen LogP contribution in [0.25, 0.3) is 0 Å². The first-order valence-electron chi connectivity index (χ1n) is 6.38. The van der Waals surface area contributed by atoms with E-state index in [9.17, 15) is 0 Å². The van der Waals surface area contributed by atoms with E-state index in [1.54, 1.807) is 7.11 Å². The molecule has 18 heavy (non-hydrogen) atoms. The number of rotatable bonds is 3. The predicted molar refractivity (Wildman–Crippen MR) is 71.0 cm³/mol. The molecule has 4 nitrogen and oxygen atoms in total. The van der Waals surface area contributed by atoms with Gasteiger partial charge in [0.05, 0.1) is 33.3 Å². The Bertz CT molecular complexity index is 433. The van der Waals surface area contributed by atoms with Gasteiger partial charge in [-0.05, 0) is 12.1 Å². The van der Waals surface area contributed by atoms with Crippen LogP contribution in [-0.2, 0) is 0 Å². The standard InChI is InChI=1S/C14H19N3O/c1-12(11-15)16-6-8-17(9-7-16)13-4-3-5-14(10-13)18-2/h3-5,10,12H,6-9H2,1-2H3/p+1/t12-/m0/s1. The number of methoxy groups -OCH3 is 1. The lowest BCUT2D eigenvalue weighted by Crippen LogP contribution is -3.17. The van der Waals surface area contributed by atoms with Gasteiger partial charge in [0.25, 0.3) is 0 Å². The van der Waals surface area contributed by atoms with Crippen LogP contribution < -0.4 is 14.5 Å². The highest BCUT2D eigenvalue weighted by atomic mass is 16.5. The van der Waals surface area contributed by atoms with Crippen LogP contribution in [0.15, 0.2) is 24.3 Å². The van der Waals surface area contributed by atoms with Gasteiger partial charge in [0.1, 0.15) is 11.8 Å². The summed E-state index contributed by atoms with van der Waals surface area (Å²) in [7, 11) is 1.69. The summed E-state index contributed by atoms with van der Waals surface area (Å²) in [6.07, 6.45) is 0. The van der Waals surface area contributed by atoms with Crippen molar-refractivity contribution in [1.29, 1.82) is 5.26 Å². The van der Waals surface area contributed by atoms with Gasteiger partial charge in [0.2, 0.25) is 0 Å². The van der Waals surface area contributed by atoms with Crippen LogP contribution in [-0.4, -0.2) is 39.3 Å². The highest BCUT2D eigenvalue weighted by Gasteiger charge is 2.24. The Kier molecular flexibility index (Phi) is 4.06. The zero-order valence-electron chi connectivity index (χ0n) is 11.0. The van der Waals surface area contributed by atoms with Crippen molar-refractivity contribution >= 4 is 5.69 Å². The molecule has 1 saturated heterocycles. The topological polar surface area (TPSA) is 40.7 Å². The molecule has 0 aliphatic carbocycles. The van der Waals surface area contributed by atoms with E-state index in [1.165, 1.54) is 10.6 Å². The molecule has 0 spiro atoms. The van der Waals surface area contributed by atoms with Gasteiger partial charge < -0.3 is 14.5 Å². The lowest BCUT2D eigenvalue weighted by atomic mass is 10.2. The molecular weight excluding hydrogens is 226 g/mol. The van der Waals surface area contributed by atoms with E-state index in [-0.39, 0.29) is 6.04 Å². The average Bonchev–Trinajstić information content (AvgIpc) is 2.46. The molecule has 1 aromatic rings. The van der Waals surface area contributed by atoms with Crippen LogP contribution in [0.5, 0.6) is 5.75 Å². The lowest BCUT2D eigenvalue weighted by Gasteiger charge is -2.34. The van der Waals surface area contributed by atoms with Crippen LogP contribution in [0, 0.1) is 11.3 Å². The van der Waals surface area contributed by atoms with Crippen LogP contribution in [0.4, 0.5) is 5.69 Å². The average molecular weight is 246 g/mol. The Morgan fingerprint density at radius 1 is 1.39 bits per heavy atom. The molecule has 1 atom stereocenters. The van der Waals surface area contributed by atoms with Gasteiger partial charge in [-0.15, -0.1) is 0 Å². The molecule has 1 aliphatic heterocycles. The molecule has 0 aromatic heterocycles. The maximum absolute atomic E-state index is 8.94. The number of ether oxygens (including phenoxy) is 1. The fraction of sp³-hybridized carbons (Fsp3) is 0.500. The van der Waals surface area contributed by atoms with Gasteiger partial charge in [0.15, 0.2) is 6.04 Å². The molecule has 1 N–H and O–H groups in total. The maximum Gasteiger partial charge on any atom is 0.172 e. The van der Waals surface area contributed by atoms with E-state index in [2.05, 4.69) is 23.1 Å². The summed E-state index contributed by atoms with van der Waals surface area (Å²) in [5.41, 5.74) is 1.21. The largest absolute Gasteiger partial charge is 0.497 e. The van der Waals surface area contributed by atoms with Gasteiger partial charge in [-0.1, -0.05) is 6.07 Å². The Balaban J connectivity index is 1.99. The molecule has 0 bridgehead atoms. The zero-order chi connectivity index (χ0) is 13.0. The fourth-order valence-corrected chi connectivity index (χ4v) is 2.38. The van der Waals surface area contributed by atoms with Crippen molar-refractivity contribution in [3.05, 3.63) is 24.3 Å². The molecule has 96 valence electrons. The van der Waals surface area contributed by atoms with E-state index in [0.29, 0.717) is 0 Å². The third-order valence-corrected chi connectivity index (χ3v) is 3.63. The van der Waals surface area contributed by atoms with E-state index >= 15 is 0 Å². The highest BCUT2D eigenvalue weighted by Crippen LogP contribution is 2.20. The predicted octanol–water partition coefficient (Wildman–Crippen LogP) is 0.312. The van der Waals surface area contributed by atoms with Gasteiger partial charge in [0, 0.05) is 18.7 Å². The van der Waals surface area contributed by atoms with E-state index in [4.69, 9.17) is 10.00 Å². The summed E-state index contributed by atoms with van der Waals surface area (Å²) in [6.45, 7) is 6.03. The number of hydrogen-bond donors (Lipinski definition) is 1. The number of quaternary nitrogens is 1. The zero-order valence-corrected chi connectivity index (χ0v) is 11.0. The number of benzene rings is 1. The first-order valence-corrected chi connectivity index (χ1v) is 6.38. The number of nitrogens with zero attached hydrogens (tertiary/aromatic N) is 2. The van der Waals surface area contributed by atoms with Crippen LogP contribution in [0.3, 0.4) is 0 Å². The van der Waals surface area contributed by atoms with Crippen molar-refractivity contribution in [2.24, 2.45) is 0 Å². The smallest absolute Gasteiger partial charge is 0.172 e. The Hall–Kier alpha value is -1.73. The molecule has 1 heterocycles. The molecule has 1 fully saturated rings. The number of nitrogens with one attached hydrogen (secondary N) is 1. The first-order chi connectivity index (χ1) is 8.74. The highest BCUT2D eigenvalue weighted by molar-refractivity contribution is 5.50. The Morgan fingerprint density at radius 2 is 2.11 bits per heavy atom. The third-order valence-electron chi connectivity index (χ3n) is 3.63. The van der Waals surface area contributed by atoms with E-state index in [1.807, 2.05) is 19.1 Å². The second-order valence-corrected chi connectivity index (χ2v) is 4.70. The lowest BCUT2D eigenvalue weighted by molar-refractivity contribution is -0.915. The second kappa shape index (κ2) is 5.74. The number of nitriles is 1. The third kappa shape index (κ3) is 2.74. The first kappa shape index (κ1) is 12.7. The fourth-order valence-electron chi connectivity index (χ4n) is 2.38. The molecule has 0 amide bonds. The van der Waals surface area contributed by atoms with Crippen LogP contribution in [0.2, 0.25) is 0 Å². The van der Waals surface area contributed by atoms with Gasteiger partial charge >= 0.3 is 0 Å². The monoisotopic (exact) mass is 246 g/mol. The summed E-state index contributed by atoms with van der Waals surface area (Å²) < 4.78 is 5.25. The Labute approximate surface area is 108 Å². The molecule has 2 rings (SSSR count). The van der Waals surface area contributed by atoms with Crippen molar-refractivity contribution < 1.29 is 9.64 Å². The van der Waals surface area contributed by atoms with Crippen molar-refractivity contribution in [3.8, 4) is 11.8 Å². The van der Waals surface area contributed by atoms with Crippen molar-refractivity contribution in [3.63, 3.8) is 0 Å². The minimum Gasteiger partial charge on any atom is -0.497 e. The molecule has 0 saturated carbocycles. The summed E-state index contributed by atoms with van der Waals surface area (Å²) in [5, 5.41) is 8.94. The van der Waals surface area contributed by atoms with Gasteiger partial charge in [-0.2, -0.15) is 5.26 Å². The summed E-state index contributed by atoms with van der Waals surface area (Å²) in [6, 6.07) is 10.6. The molecule has 1 aliphatic rings. The molecule has 0 radical (unpaired) electrons. The number of piperazine rings is 1. The second-order valence-electron chi connectivity index (χ2n) is 4.70. The van der Waals surface area contributed by atoms with Crippen LogP contribution in [0.1, 0.15) is 6.92 Å². The quantitative estimate of drug-likeness (QED) is 0.834. The Morgan fingerprint density at radius 3 is 2.72 bits per heavy atom. The maximum atomic E-state index is 8.94. The summed E-state index contributed by atoms with van der Waals surface area (Å²) >= 11 is 0. The SMILES string of the molecule is COc1cccc(N2CC[NH+]([C@@H](C)C#N)CC2)c1. The van der Waals surface area contributed by atoms with Gasteiger partial charge in [-0.25, -0.2) is 0 Å². The molecular formula is C14H20N3O+. The van der Waals surface area contributed by atoms with Crippen LogP contribution >= 0.6 is 0 Å². The number of anilines is 1. The molecule has 4 heteroatoms. The van der Waals surface area contributed by atoms with Gasteiger partial charge in [-0.3, -0.25) is 0 Å². The van der Waals surface area contributed by atoms with Crippen molar-refractivity contribution in [2.75, 3.05) is 38.2 Å². The van der Waals surface area contributed by atoms with E-state index in [0.717, 1.165) is 31.9 Å². The normalized spacial score (nSPS) is 18.2. The minimum atomic E-state index is 0.0949. The molecule has 0 unspecified atom stereocenters. The van der Waals surface area contributed by atoms with Crippen molar-refractivity contribution in [2.45, 2.75) is 13.0 Å². The van der Waals surface area contributed by atoms with Crippen molar-refractivity contribution in [1.82, 2.24) is 0 Å². The summed E-state index contributed by atoms with van der Waals surface area (Å²) in [4.78, 5) is 3.74. The number of hydrogen-bond acceptors (Lipinski definition) is 3. The van der Waals surface area contributed by atoms with E-state index < -0.39 is 0 Å². The minimum absolute atomic E-state index is 0.0949. The molecule has 1 aromatic carbocycles. The summed E-state index contributed by atoms with van der Waals surface area (Å²) in [5.74, 6) is 0.896.